The monoisotopic (exact) mass is 394 g/mol. The highest BCUT2D eigenvalue weighted by Crippen LogP contribution is 2.19. The van der Waals surface area contributed by atoms with E-state index in [0.717, 1.165) is 15.8 Å². The minimum Gasteiger partial charge on any atom is -0.451 e. The van der Waals surface area contributed by atoms with Crippen molar-refractivity contribution in [1.29, 1.82) is 0 Å². The summed E-state index contributed by atoms with van der Waals surface area (Å²) in [5.74, 6) is -0.659. The Hall–Kier alpha value is -3.03. The molecule has 0 saturated carbocycles. The molecule has 4 rings (SSSR count). The van der Waals surface area contributed by atoms with E-state index in [0.29, 0.717) is 28.9 Å². The van der Waals surface area contributed by atoms with Crippen LogP contribution in [0.3, 0.4) is 0 Å². The van der Waals surface area contributed by atoms with E-state index in [9.17, 15) is 9.59 Å². The molecule has 2 heterocycles. The van der Waals surface area contributed by atoms with Crippen molar-refractivity contribution >= 4 is 38.4 Å². The molecule has 0 atom stereocenters. The van der Waals surface area contributed by atoms with Crippen molar-refractivity contribution in [3.8, 4) is 0 Å². The molecule has 4 aromatic rings. The number of aromatic nitrogens is 1. The van der Waals surface area contributed by atoms with E-state index >= 15 is 0 Å². The fraction of sp³-hybridized carbons (Fsp3) is 0.190. The molecule has 0 spiro atoms. The zero-order valence-corrected chi connectivity index (χ0v) is 16.3. The van der Waals surface area contributed by atoms with Crippen LogP contribution in [-0.2, 0) is 11.3 Å². The predicted molar refractivity (Wildman–Crippen MR) is 109 cm³/mol. The Morgan fingerprint density at radius 1 is 1.21 bits per heavy atom. The van der Waals surface area contributed by atoms with Gasteiger partial charge in [-0.15, -0.1) is 0 Å². The quantitative estimate of drug-likeness (QED) is 0.531. The van der Waals surface area contributed by atoms with Gasteiger partial charge in [0.2, 0.25) is 0 Å². The Labute approximate surface area is 164 Å². The smallest absolute Gasteiger partial charge is 0.315 e. The maximum Gasteiger partial charge on any atom is 0.315 e. The van der Waals surface area contributed by atoms with Crippen LogP contribution in [0.2, 0.25) is 0 Å². The molecule has 0 saturated heterocycles. The summed E-state index contributed by atoms with van der Waals surface area (Å²) in [6.45, 7) is 3.07. The third-order valence-corrected chi connectivity index (χ3v) is 5.44. The lowest BCUT2D eigenvalue weighted by Crippen LogP contribution is -2.19. The highest BCUT2D eigenvalue weighted by atomic mass is 32.1. The Balaban J connectivity index is 1.85. The minimum absolute atomic E-state index is 0.0735. The Kier molecular flexibility index (Phi) is 4.93. The SMILES string of the molecule is COCCn1c(=NC(=O)c2cc(=O)c3ccccc3o2)sc2cc(C)ccc21. The number of thiazole rings is 1. The Bertz CT molecular complexity index is 1310. The van der Waals surface area contributed by atoms with Crippen LogP contribution in [0.15, 0.2) is 62.7 Å². The van der Waals surface area contributed by atoms with Gasteiger partial charge in [-0.2, -0.15) is 4.99 Å². The number of fused-ring (bicyclic) bond motifs is 2. The summed E-state index contributed by atoms with van der Waals surface area (Å²) in [6, 6.07) is 14.1. The van der Waals surface area contributed by atoms with Crippen LogP contribution in [-0.4, -0.2) is 24.2 Å². The minimum atomic E-state index is -0.586. The van der Waals surface area contributed by atoms with Crippen molar-refractivity contribution in [3.63, 3.8) is 0 Å². The molecule has 0 N–H and O–H groups in total. The van der Waals surface area contributed by atoms with E-state index in [1.165, 1.54) is 17.4 Å². The van der Waals surface area contributed by atoms with Crippen LogP contribution in [0.5, 0.6) is 0 Å². The number of ether oxygens (including phenoxy) is 1. The molecule has 0 bridgehead atoms. The summed E-state index contributed by atoms with van der Waals surface area (Å²) >= 11 is 1.42. The van der Waals surface area contributed by atoms with Crippen LogP contribution in [0, 0.1) is 6.92 Å². The first-order valence-electron chi connectivity index (χ1n) is 8.78. The number of carbonyl (C=O) groups excluding carboxylic acids is 1. The second-order valence-corrected chi connectivity index (χ2v) is 7.40. The molecule has 2 aromatic heterocycles. The number of benzene rings is 2. The largest absolute Gasteiger partial charge is 0.451 e. The van der Waals surface area contributed by atoms with Crippen molar-refractivity contribution in [2.45, 2.75) is 13.5 Å². The van der Waals surface area contributed by atoms with E-state index in [1.807, 2.05) is 23.6 Å². The number of hydrogen-bond acceptors (Lipinski definition) is 5. The number of amides is 1. The summed E-state index contributed by atoms with van der Waals surface area (Å²) in [4.78, 5) is 29.8. The summed E-state index contributed by atoms with van der Waals surface area (Å²) < 4.78 is 13.8. The highest BCUT2D eigenvalue weighted by Gasteiger charge is 2.13. The van der Waals surface area contributed by atoms with Gasteiger partial charge in [0.05, 0.1) is 22.2 Å². The average Bonchev–Trinajstić information content (AvgIpc) is 3.02. The third kappa shape index (κ3) is 3.42. The first-order valence-corrected chi connectivity index (χ1v) is 9.59. The lowest BCUT2D eigenvalue weighted by molar-refractivity contribution is 0.0971. The number of rotatable bonds is 4. The maximum absolute atomic E-state index is 12.7. The van der Waals surface area contributed by atoms with Gasteiger partial charge in [-0.25, -0.2) is 0 Å². The van der Waals surface area contributed by atoms with Gasteiger partial charge in [0.1, 0.15) is 5.58 Å². The standard InChI is InChI=1S/C21H18N2O4S/c1-13-7-8-15-19(11-13)28-21(23(15)9-10-26-2)22-20(25)18-12-16(24)14-5-3-4-6-17(14)27-18/h3-8,11-12H,9-10H2,1-2H3. The predicted octanol–water partition coefficient (Wildman–Crippen LogP) is 3.51. The molecule has 0 unspecified atom stereocenters. The van der Waals surface area contributed by atoms with Gasteiger partial charge in [0.15, 0.2) is 16.0 Å². The van der Waals surface area contributed by atoms with E-state index in [2.05, 4.69) is 11.1 Å². The number of methoxy groups -OCH3 is 1. The molecule has 0 aliphatic heterocycles. The molecule has 0 radical (unpaired) electrons. The van der Waals surface area contributed by atoms with E-state index in [1.54, 1.807) is 31.4 Å². The summed E-state index contributed by atoms with van der Waals surface area (Å²) in [6.07, 6.45) is 0. The first kappa shape index (κ1) is 18.3. The summed E-state index contributed by atoms with van der Waals surface area (Å²) in [7, 11) is 1.63. The van der Waals surface area contributed by atoms with Crippen LogP contribution in [0.25, 0.3) is 21.2 Å². The fourth-order valence-electron chi connectivity index (χ4n) is 3.02. The van der Waals surface area contributed by atoms with Crippen LogP contribution in [0.4, 0.5) is 0 Å². The molecular weight excluding hydrogens is 376 g/mol. The van der Waals surface area contributed by atoms with Crippen molar-refractivity contribution < 1.29 is 13.9 Å². The van der Waals surface area contributed by atoms with Crippen molar-refractivity contribution in [2.24, 2.45) is 4.99 Å². The zero-order valence-electron chi connectivity index (χ0n) is 15.5. The molecule has 6 nitrogen and oxygen atoms in total. The van der Waals surface area contributed by atoms with Crippen LogP contribution < -0.4 is 10.2 Å². The third-order valence-electron chi connectivity index (χ3n) is 4.40. The molecule has 1 amide bonds. The fourth-order valence-corrected chi connectivity index (χ4v) is 4.17. The summed E-state index contributed by atoms with van der Waals surface area (Å²) in [5, 5.41) is 0.437. The van der Waals surface area contributed by atoms with Gasteiger partial charge in [-0.05, 0) is 36.8 Å². The molecule has 2 aromatic carbocycles. The van der Waals surface area contributed by atoms with Gasteiger partial charge in [-0.1, -0.05) is 29.5 Å². The number of para-hydroxylation sites is 1. The number of hydrogen-bond donors (Lipinski definition) is 0. The van der Waals surface area contributed by atoms with Gasteiger partial charge < -0.3 is 13.7 Å². The molecule has 0 aliphatic carbocycles. The lowest BCUT2D eigenvalue weighted by Gasteiger charge is -2.04. The topological polar surface area (TPSA) is 73.8 Å². The van der Waals surface area contributed by atoms with Gasteiger partial charge in [0.25, 0.3) is 0 Å². The molecule has 7 heteroatoms. The Morgan fingerprint density at radius 3 is 2.86 bits per heavy atom. The molecule has 28 heavy (non-hydrogen) atoms. The van der Waals surface area contributed by atoms with Gasteiger partial charge in [0, 0.05) is 19.7 Å². The highest BCUT2D eigenvalue weighted by molar-refractivity contribution is 7.16. The Morgan fingerprint density at radius 2 is 2.04 bits per heavy atom. The number of nitrogens with zero attached hydrogens (tertiary/aromatic N) is 2. The number of carbonyl (C=O) groups is 1. The lowest BCUT2D eigenvalue weighted by atomic mass is 10.2. The van der Waals surface area contributed by atoms with E-state index < -0.39 is 5.91 Å². The first-order chi connectivity index (χ1) is 13.6. The van der Waals surface area contributed by atoms with Gasteiger partial charge in [-0.3, -0.25) is 9.59 Å². The van der Waals surface area contributed by atoms with Crippen molar-refractivity contribution in [1.82, 2.24) is 4.57 Å². The van der Waals surface area contributed by atoms with Crippen molar-refractivity contribution in [2.75, 3.05) is 13.7 Å². The zero-order chi connectivity index (χ0) is 19.7. The second kappa shape index (κ2) is 7.53. The molecule has 142 valence electrons. The van der Waals surface area contributed by atoms with Crippen LogP contribution >= 0.6 is 11.3 Å². The second-order valence-electron chi connectivity index (χ2n) is 6.39. The summed E-state index contributed by atoms with van der Waals surface area (Å²) in [5.41, 5.74) is 2.22. The van der Waals surface area contributed by atoms with Crippen LogP contribution in [0.1, 0.15) is 16.1 Å². The number of aryl methyl sites for hydroxylation is 1. The average molecular weight is 394 g/mol. The maximum atomic E-state index is 12.7. The molecule has 0 aliphatic rings. The molecular formula is C21H18N2O4S. The molecule has 0 fully saturated rings. The van der Waals surface area contributed by atoms with E-state index in [-0.39, 0.29) is 11.2 Å². The van der Waals surface area contributed by atoms with Crippen molar-refractivity contribution in [3.05, 3.63) is 74.9 Å². The van der Waals surface area contributed by atoms with E-state index in [4.69, 9.17) is 9.15 Å². The van der Waals surface area contributed by atoms with Gasteiger partial charge >= 0.3 is 5.91 Å². The normalized spacial score (nSPS) is 12.1.